The molecule has 0 aromatic heterocycles. The summed E-state index contributed by atoms with van der Waals surface area (Å²) in [6, 6.07) is 10.9. The predicted molar refractivity (Wildman–Crippen MR) is 90.4 cm³/mol. The first-order valence-corrected chi connectivity index (χ1v) is 7.02. The molecule has 0 heterocycles. The van der Waals surface area contributed by atoms with Gasteiger partial charge in [-0.2, -0.15) is 0 Å². The molecule has 1 atom stereocenters. The van der Waals surface area contributed by atoms with Crippen LogP contribution in [0.15, 0.2) is 42.5 Å². The number of benzene rings is 2. The van der Waals surface area contributed by atoms with Crippen molar-refractivity contribution in [1.82, 2.24) is 5.32 Å². The molecule has 0 bridgehead atoms. The lowest BCUT2D eigenvalue weighted by Gasteiger charge is -2.12. The molecule has 3 N–H and O–H groups in total. The smallest absolute Gasteiger partial charge is 0.236 e. The average Bonchev–Trinajstić information content (AvgIpc) is 2.49. The number of nitrogens with two attached hydrogens (primary N) is 1. The molecule has 0 saturated heterocycles. The maximum atomic E-state index is 12.9. The number of halogens is 2. The Hall–Kier alpha value is -2.11. The van der Waals surface area contributed by atoms with Gasteiger partial charge in [-0.3, -0.25) is 4.79 Å². The zero-order valence-corrected chi connectivity index (χ0v) is 13.8. The van der Waals surface area contributed by atoms with Crippen LogP contribution in [0, 0.1) is 12.7 Å². The van der Waals surface area contributed by atoms with Crippen LogP contribution in [0.3, 0.4) is 0 Å². The molecule has 0 spiro atoms. The Balaban J connectivity index is 0.00000264. The first kappa shape index (κ1) is 18.9. The molecule has 0 aliphatic heterocycles. The van der Waals surface area contributed by atoms with E-state index in [4.69, 9.17) is 10.5 Å². The van der Waals surface area contributed by atoms with E-state index in [9.17, 15) is 9.18 Å². The Morgan fingerprint density at radius 1 is 1.26 bits per heavy atom. The summed E-state index contributed by atoms with van der Waals surface area (Å²) in [5.74, 6) is 0.768. The van der Waals surface area contributed by atoms with E-state index in [1.807, 2.05) is 25.1 Å². The quantitative estimate of drug-likeness (QED) is 0.879. The van der Waals surface area contributed by atoms with Gasteiger partial charge in [0.2, 0.25) is 5.91 Å². The minimum atomic E-state index is -0.526. The van der Waals surface area contributed by atoms with Crippen molar-refractivity contribution in [2.75, 3.05) is 0 Å². The molecular formula is C17H20ClFN2O2. The summed E-state index contributed by atoms with van der Waals surface area (Å²) >= 11 is 0. The van der Waals surface area contributed by atoms with Gasteiger partial charge in [0, 0.05) is 6.54 Å². The largest absolute Gasteiger partial charge is 0.457 e. The topological polar surface area (TPSA) is 64.4 Å². The van der Waals surface area contributed by atoms with E-state index in [-0.39, 0.29) is 24.1 Å². The Kier molecular flexibility index (Phi) is 7.00. The summed E-state index contributed by atoms with van der Waals surface area (Å²) in [4.78, 5) is 11.4. The number of hydrogen-bond donors (Lipinski definition) is 2. The van der Waals surface area contributed by atoms with Crippen LogP contribution in [-0.4, -0.2) is 11.9 Å². The lowest BCUT2D eigenvalue weighted by atomic mass is 10.1. The van der Waals surface area contributed by atoms with Gasteiger partial charge in [-0.15, -0.1) is 12.4 Å². The second kappa shape index (κ2) is 8.50. The van der Waals surface area contributed by atoms with Crippen LogP contribution in [0.2, 0.25) is 0 Å². The minimum Gasteiger partial charge on any atom is -0.457 e. The third kappa shape index (κ3) is 5.54. The van der Waals surface area contributed by atoms with Gasteiger partial charge >= 0.3 is 0 Å². The number of ether oxygens (including phenoxy) is 1. The first-order valence-electron chi connectivity index (χ1n) is 7.02. The molecule has 2 rings (SSSR count). The van der Waals surface area contributed by atoms with Crippen LogP contribution >= 0.6 is 12.4 Å². The third-order valence-corrected chi connectivity index (χ3v) is 3.16. The standard InChI is InChI=1S/C17H19FN2O2.ClH/c1-11-9-13(10-20-17(21)12(2)19)3-8-16(11)22-15-6-4-14(18)5-7-15;/h3-9,12H,10,19H2,1-2H3,(H,20,21);1H/t12-;/m0./s1. The molecule has 124 valence electrons. The summed E-state index contributed by atoms with van der Waals surface area (Å²) in [6.45, 7) is 3.97. The molecular weight excluding hydrogens is 319 g/mol. The molecule has 2 aromatic carbocycles. The highest BCUT2D eigenvalue weighted by Crippen LogP contribution is 2.25. The minimum absolute atomic E-state index is 0. The fourth-order valence-corrected chi connectivity index (χ4v) is 1.92. The Morgan fingerprint density at radius 2 is 1.91 bits per heavy atom. The van der Waals surface area contributed by atoms with Gasteiger partial charge < -0.3 is 15.8 Å². The van der Waals surface area contributed by atoms with Gasteiger partial charge in [0.15, 0.2) is 0 Å². The molecule has 0 saturated carbocycles. The summed E-state index contributed by atoms with van der Waals surface area (Å²) < 4.78 is 18.6. The predicted octanol–water partition coefficient (Wildman–Crippen LogP) is 3.31. The number of amides is 1. The zero-order chi connectivity index (χ0) is 16.1. The van der Waals surface area contributed by atoms with Crippen LogP contribution < -0.4 is 15.8 Å². The number of aryl methyl sites for hydroxylation is 1. The van der Waals surface area contributed by atoms with Gasteiger partial charge in [0.25, 0.3) is 0 Å². The van der Waals surface area contributed by atoms with E-state index >= 15 is 0 Å². The van der Waals surface area contributed by atoms with Gasteiger partial charge in [0.05, 0.1) is 6.04 Å². The zero-order valence-electron chi connectivity index (χ0n) is 13.0. The highest BCUT2D eigenvalue weighted by atomic mass is 35.5. The van der Waals surface area contributed by atoms with Crippen molar-refractivity contribution in [2.24, 2.45) is 5.73 Å². The molecule has 4 nitrogen and oxygen atoms in total. The second-order valence-electron chi connectivity index (χ2n) is 5.16. The number of carbonyl (C=O) groups excluding carboxylic acids is 1. The van der Waals surface area contributed by atoms with E-state index in [1.165, 1.54) is 12.1 Å². The summed E-state index contributed by atoms with van der Waals surface area (Å²) in [5.41, 5.74) is 7.38. The average molecular weight is 339 g/mol. The summed E-state index contributed by atoms with van der Waals surface area (Å²) in [7, 11) is 0. The van der Waals surface area contributed by atoms with Gasteiger partial charge in [-0.1, -0.05) is 12.1 Å². The molecule has 6 heteroatoms. The van der Waals surface area contributed by atoms with Crippen molar-refractivity contribution >= 4 is 18.3 Å². The van der Waals surface area contributed by atoms with Crippen LogP contribution in [-0.2, 0) is 11.3 Å². The highest BCUT2D eigenvalue weighted by molar-refractivity contribution is 5.85. The van der Waals surface area contributed by atoms with Crippen LogP contribution in [0.4, 0.5) is 4.39 Å². The maximum absolute atomic E-state index is 12.9. The number of hydrogen-bond acceptors (Lipinski definition) is 3. The molecule has 2 aromatic rings. The Labute approximate surface area is 141 Å². The van der Waals surface area contributed by atoms with Crippen molar-refractivity contribution in [3.63, 3.8) is 0 Å². The SMILES string of the molecule is Cc1cc(CNC(=O)[C@H](C)N)ccc1Oc1ccc(F)cc1.Cl. The Bertz CT molecular complexity index is 660. The molecule has 1 amide bonds. The molecule has 0 unspecified atom stereocenters. The van der Waals surface area contributed by atoms with E-state index in [1.54, 1.807) is 19.1 Å². The van der Waals surface area contributed by atoms with Crippen LogP contribution in [0.25, 0.3) is 0 Å². The summed E-state index contributed by atoms with van der Waals surface area (Å²) in [6.07, 6.45) is 0. The summed E-state index contributed by atoms with van der Waals surface area (Å²) in [5, 5.41) is 2.75. The van der Waals surface area contributed by atoms with Crippen molar-refractivity contribution in [3.05, 3.63) is 59.4 Å². The van der Waals surface area contributed by atoms with E-state index < -0.39 is 6.04 Å². The normalized spacial score (nSPS) is 11.3. The molecule has 23 heavy (non-hydrogen) atoms. The highest BCUT2D eigenvalue weighted by Gasteiger charge is 2.08. The molecule has 0 aliphatic rings. The van der Waals surface area contributed by atoms with E-state index in [2.05, 4.69) is 5.32 Å². The van der Waals surface area contributed by atoms with Crippen molar-refractivity contribution in [2.45, 2.75) is 26.4 Å². The number of carbonyl (C=O) groups is 1. The maximum Gasteiger partial charge on any atom is 0.236 e. The lowest BCUT2D eigenvalue weighted by molar-refractivity contribution is -0.122. The van der Waals surface area contributed by atoms with Crippen LogP contribution in [0.1, 0.15) is 18.1 Å². The fourth-order valence-electron chi connectivity index (χ4n) is 1.92. The third-order valence-electron chi connectivity index (χ3n) is 3.16. The van der Waals surface area contributed by atoms with Gasteiger partial charge in [-0.05, 0) is 55.3 Å². The molecule has 0 fully saturated rings. The molecule has 0 aliphatic carbocycles. The van der Waals surface area contributed by atoms with Gasteiger partial charge in [0.1, 0.15) is 17.3 Å². The lowest BCUT2D eigenvalue weighted by Crippen LogP contribution is -2.37. The van der Waals surface area contributed by atoms with Gasteiger partial charge in [-0.25, -0.2) is 4.39 Å². The second-order valence-corrected chi connectivity index (χ2v) is 5.16. The number of nitrogens with one attached hydrogen (secondary N) is 1. The van der Waals surface area contributed by atoms with E-state index in [0.717, 1.165) is 11.1 Å². The van der Waals surface area contributed by atoms with Crippen molar-refractivity contribution < 1.29 is 13.9 Å². The van der Waals surface area contributed by atoms with Crippen molar-refractivity contribution in [3.8, 4) is 11.5 Å². The molecule has 0 radical (unpaired) electrons. The van der Waals surface area contributed by atoms with Crippen LogP contribution in [0.5, 0.6) is 11.5 Å². The fraction of sp³-hybridized carbons (Fsp3) is 0.235. The Morgan fingerprint density at radius 3 is 2.48 bits per heavy atom. The van der Waals surface area contributed by atoms with E-state index in [0.29, 0.717) is 18.0 Å². The number of rotatable bonds is 5. The monoisotopic (exact) mass is 338 g/mol. The first-order chi connectivity index (χ1) is 10.5. The van der Waals surface area contributed by atoms with Crippen molar-refractivity contribution in [1.29, 1.82) is 0 Å².